The molecule has 0 aliphatic heterocycles. The van der Waals surface area contributed by atoms with Gasteiger partial charge < -0.3 is 10.1 Å². The minimum Gasteiger partial charge on any atom is -0.489 e. The van der Waals surface area contributed by atoms with Gasteiger partial charge in [-0.25, -0.2) is 0 Å². The van der Waals surface area contributed by atoms with Gasteiger partial charge in [0, 0.05) is 39.4 Å². The Morgan fingerprint density at radius 2 is 1.85 bits per heavy atom. The Kier molecular flexibility index (Phi) is 6.32. The topological polar surface area (TPSA) is 64.4 Å². The van der Waals surface area contributed by atoms with E-state index in [9.17, 15) is 10.1 Å². The van der Waals surface area contributed by atoms with Crippen LogP contribution in [0, 0.1) is 10.1 Å². The van der Waals surface area contributed by atoms with E-state index in [-0.39, 0.29) is 5.69 Å². The Hall–Kier alpha value is -2.57. The van der Waals surface area contributed by atoms with Crippen LogP contribution in [-0.4, -0.2) is 4.92 Å². The van der Waals surface area contributed by atoms with Crippen molar-refractivity contribution >= 4 is 38.9 Å². The normalized spacial score (nSPS) is 10.4. The van der Waals surface area contributed by atoms with Crippen LogP contribution in [0.3, 0.4) is 0 Å². The molecule has 0 aromatic heterocycles. The standard InChI is InChI=1S/C20H16BrClN2O3/c21-16-6-4-14(5-7-16)13-27-20-9-8-17(22)10-15(20)12-23-18-2-1-3-19(11-18)24(25)26/h1-11,23H,12-13H2. The lowest BCUT2D eigenvalue weighted by atomic mass is 10.2. The molecule has 0 fully saturated rings. The van der Waals surface area contributed by atoms with Gasteiger partial charge in [0.2, 0.25) is 0 Å². The number of nitro groups is 1. The third-order valence-electron chi connectivity index (χ3n) is 3.87. The molecule has 0 saturated carbocycles. The molecule has 0 radical (unpaired) electrons. The van der Waals surface area contributed by atoms with Gasteiger partial charge in [-0.05, 0) is 42.0 Å². The maximum Gasteiger partial charge on any atom is 0.271 e. The van der Waals surface area contributed by atoms with Crippen LogP contribution in [0.5, 0.6) is 5.75 Å². The van der Waals surface area contributed by atoms with Gasteiger partial charge in [-0.1, -0.05) is 45.7 Å². The fourth-order valence-corrected chi connectivity index (χ4v) is 2.95. The van der Waals surface area contributed by atoms with Gasteiger partial charge in [0.25, 0.3) is 5.69 Å². The highest BCUT2D eigenvalue weighted by molar-refractivity contribution is 9.10. The first-order valence-corrected chi connectivity index (χ1v) is 9.32. The molecule has 0 amide bonds. The Labute approximate surface area is 170 Å². The van der Waals surface area contributed by atoms with Gasteiger partial charge in [0.1, 0.15) is 12.4 Å². The molecule has 0 bridgehead atoms. The van der Waals surface area contributed by atoms with Crippen molar-refractivity contribution < 1.29 is 9.66 Å². The number of nitrogens with one attached hydrogen (secondary N) is 1. The van der Waals surface area contributed by atoms with E-state index in [1.54, 1.807) is 18.2 Å². The number of rotatable bonds is 7. The maximum absolute atomic E-state index is 10.9. The van der Waals surface area contributed by atoms with Crippen molar-refractivity contribution in [2.75, 3.05) is 5.32 Å². The number of halogens is 2. The Morgan fingerprint density at radius 1 is 1.07 bits per heavy atom. The van der Waals surface area contributed by atoms with Gasteiger partial charge >= 0.3 is 0 Å². The second-order valence-electron chi connectivity index (χ2n) is 5.83. The van der Waals surface area contributed by atoms with Crippen LogP contribution in [0.25, 0.3) is 0 Å². The molecule has 0 spiro atoms. The van der Waals surface area contributed by atoms with E-state index in [0.717, 1.165) is 15.6 Å². The summed E-state index contributed by atoms with van der Waals surface area (Å²) in [6.07, 6.45) is 0. The van der Waals surface area contributed by atoms with Crippen LogP contribution in [-0.2, 0) is 13.2 Å². The smallest absolute Gasteiger partial charge is 0.271 e. The van der Waals surface area contributed by atoms with Crippen LogP contribution < -0.4 is 10.1 Å². The van der Waals surface area contributed by atoms with Crippen LogP contribution in [0.4, 0.5) is 11.4 Å². The van der Waals surface area contributed by atoms with Crippen LogP contribution in [0.15, 0.2) is 71.2 Å². The number of benzene rings is 3. The van der Waals surface area contributed by atoms with Gasteiger partial charge in [-0.3, -0.25) is 10.1 Å². The second kappa shape index (κ2) is 8.88. The summed E-state index contributed by atoms with van der Waals surface area (Å²) in [7, 11) is 0. The van der Waals surface area contributed by atoms with Crippen molar-refractivity contribution in [2.45, 2.75) is 13.2 Å². The summed E-state index contributed by atoms with van der Waals surface area (Å²) in [6, 6.07) is 19.7. The molecular weight excluding hydrogens is 432 g/mol. The van der Waals surface area contributed by atoms with Crippen LogP contribution in [0.2, 0.25) is 5.02 Å². The minimum absolute atomic E-state index is 0.0396. The Morgan fingerprint density at radius 3 is 2.59 bits per heavy atom. The van der Waals surface area contributed by atoms with E-state index < -0.39 is 4.92 Å². The number of hydrogen-bond acceptors (Lipinski definition) is 4. The molecule has 0 aliphatic carbocycles. The van der Waals surface area contributed by atoms with Gasteiger partial charge in [0.05, 0.1) is 4.92 Å². The third kappa shape index (κ3) is 5.45. The SMILES string of the molecule is O=[N+]([O-])c1cccc(NCc2cc(Cl)ccc2OCc2ccc(Br)cc2)c1. The van der Waals surface area contributed by atoms with Crippen molar-refractivity contribution in [2.24, 2.45) is 0 Å². The molecule has 0 saturated heterocycles. The zero-order chi connectivity index (χ0) is 19.2. The molecule has 7 heteroatoms. The molecule has 0 atom stereocenters. The highest BCUT2D eigenvalue weighted by Crippen LogP contribution is 2.26. The lowest BCUT2D eigenvalue weighted by Crippen LogP contribution is -2.04. The lowest BCUT2D eigenvalue weighted by molar-refractivity contribution is -0.384. The molecule has 3 aromatic carbocycles. The van der Waals surface area contributed by atoms with Crippen molar-refractivity contribution in [1.29, 1.82) is 0 Å². The summed E-state index contributed by atoms with van der Waals surface area (Å²) >= 11 is 9.53. The lowest BCUT2D eigenvalue weighted by Gasteiger charge is -2.13. The number of non-ortho nitro benzene ring substituents is 1. The maximum atomic E-state index is 10.9. The van der Waals surface area contributed by atoms with Gasteiger partial charge in [-0.15, -0.1) is 0 Å². The first kappa shape index (κ1) is 19.2. The summed E-state index contributed by atoms with van der Waals surface area (Å²) in [5.41, 5.74) is 2.61. The Balaban J connectivity index is 1.71. The molecular formula is C20H16BrClN2O3. The summed E-state index contributed by atoms with van der Waals surface area (Å²) in [5, 5.41) is 14.7. The highest BCUT2D eigenvalue weighted by Gasteiger charge is 2.08. The zero-order valence-electron chi connectivity index (χ0n) is 14.2. The van der Waals surface area contributed by atoms with Gasteiger partial charge in [0.15, 0.2) is 0 Å². The van der Waals surface area contributed by atoms with E-state index in [1.807, 2.05) is 36.4 Å². The van der Waals surface area contributed by atoms with Crippen molar-refractivity contribution in [3.63, 3.8) is 0 Å². The van der Waals surface area contributed by atoms with E-state index in [1.165, 1.54) is 12.1 Å². The largest absolute Gasteiger partial charge is 0.489 e. The van der Waals surface area contributed by atoms with Gasteiger partial charge in [-0.2, -0.15) is 0 Å². The molecule has 0 heterocycles. The number of nitro benzene ring substituents is 1. The molecule has 3 aromatic rings. The minimum atomic E-state index is -0.419. The van der Waals surface area contributed by atoms with Crippen molar-refractivity contribution in [3.8, 4) is 5.75 Å². The average Bonchev–Trinajstić information content (AvgIpc) is 2.67. The molecule has 27 heavy (non-hydrogen) atoms. The fraction of sp³-hybridized carbons (Fsp3) is 0.100. The molecule has 0 unspecified atom stereocenters. The first-order chi connectivity index (χ1) is 13.0. The second-order valence-corrected chi connectivity index (χ2v) is 7.18. The fourth-order valence-electron chi connectivity index (χ4n) is 2.50. The Bertz CT molecular complexity index is 948. The van der Waals surface area contributed by atoms with Crippen molar-refractivity contribution in [3.05, 3.63) is 97.5 Å². The predicted octanol–water partition coefficient (Wildman–Crippen LogP) is 6.20. The number of ether oxygens (including phenoxy) is 1. The molecule has 5 nitrogen and oxygen atoms in total. The van der Waals surface area contributed by atoms with E-state index in [2.05, 4.69) is 21.2 Å². The summed E-state index contributed by atoms with van der Waals surface area (Å²) in [5.74, 6) is 0.709. The highest BCUT2D eigenvalue weighted by atomic mass is 79.9. The number of hydrogen-bond donors (Lipinski definition) is 1. The number of nitrogens with zero attached hydrogens (tertiary/aromatic N) is 1. The van der Waals surface area contributed by atoms with Crippen LogP contribution in [0.1, 0.15) is 11.1 Å². The van der Waals surface area contributed by atoms with E-state index in [0.29, 0.717) is 29.6 Å². The first-order valence-electron chi connectivity index (χ1n) is 8.15. The zero-order valence-corrected chi connectivity index (χ0v) is 16.5. The average molecular weight is 448 g/mol. The van der Waals surface area contributed by atoms with E-state index in [4.69, 9.17) is 16.3 Å². The summed E-state index contributed by atoms with van der Waals surface area (Å²) < 4.78 is 6.96. The van der Waals surface area contributed by atoms with E-state index >= 15 is 0 Å². The van der Waals surface area contributed by atoms with Crippen molar-refractivity contribution in [1.82, 2.24) is 0 Å². The molecule has 138 valence electrons. The summed E-state index contributed by atoms with van der Waals surface area (Å²) in [4.78, 5) is 10.5. The molecule has 0 aliphatic rings. The summed E-state index contributed by atoms with van der Waals surface area (Å²) in [6.45, 7) is 0.857. The predicted molar refractivity (Wildman–Crippen MR) is 110 cm³/mol. The molecule has 3 rings (SSSR count). The monoisotopic (exact) mass is 446 g/mol. The third-order valence-corrected chi connectivity index (χ3v) is 4.63. The van der Waals surface area contributed by atoms with Crippen LogP contribution >= 0.6 is 27.5 Å². The molecule has 1 N–H and O–H groups in total. The quantitative estimate of drug-likeness (QED) is 0.346. The number of anilines is 1.